The first kappa shape index (κ1) is 14.9. The van der Waals surface area contributed by atoms with Crippen molar-refractivity contribution in [2.24, 2.45) is 0 Å². The maximum Gasteiger partial charge on any atom is 0.277 e. The van der Waals surface area contributed by atoms with Crippen LogP contribution in [0.15, 0.2) is 23.4 Å². The van der Waals surface area contributed by atoms with Crippen LogP contribution in [0.4, 0.5) is 5.69 Å². The molecule has 0 unspecified atom stereocenters. The van der Waals surface area contributed by atoms with E-state index in [1.807, 2.05) is 0 Å². The highest BCUT2D eigenvalue weighted by Gasteiger charge is 2.31. The van der Waals surface area contributed by atoms with Crippen LogP contribution in [0.3, 0.4) is 0 Å². The predicted octanol–water partition coefficient (Wildman–Crippen LogP) is 1.75. The lowest BCUT2D eigenvalue weighted by Crippen LogP contribution is -2.35. The van der Waals surface area contributed by atoms with Crippen molar-refractivity contribution in [3.8, 4) is 0 Å². The van der Waals surface area contributed by atoms with Gasteiger partial charge < -0.3 is 4.57 Å². The number of nitro benzene ring substituents is 1. The first-order chi connectivity index (χ1) is 10.4. The topological polar surface area (TPSA) is 98.3 Å². The van der Waals surface area contributed by atoms with Crippen molar-refractivity contribution in [1.29, 1.82) is 0 Å². The molecule has 3 rings (SSSR count). The van der Waals surface area contributed by atoms with E-state index in [1.54, 1.807) is 11.5 Å². The number of benzene rings is 1. The second kappa shape index (κ2) is 5.33. The fourth-order valence-corrected chi connectivity index (χ4v) is 4.36. The highest BCUT2D eigenvalue weighted by atomic mass is 32.2. The van der Waals surface area contributed by atoms with Crippen LogP contribution >= 0.6 is 0 Å². The van der Waals surface area contributed by atoms with Crippen LogP contribution in [0.25, 0.3) is 11.0 Å². The average Bonchev–Trinajstić information content (AvgIpc) is 2.84. The third kappa shape index (κ3) is 2.26. The first-order valence-corrected chi connectivity index (χ1v) is 8.54. The number of hydrogen-bond donors (Lipinski definition) is 0. The average molecular weight is 324 g/mol. The number of fused-ring (bicyclic) bond motifs is 3. The molecule has 1 aromatic heterocycles. The first-order valence-electron chi connectivity index (χ1n) is 7.10. The summed E-state index contributed by atoms with van der Waals surface area (Å²) in [5.74, 6) is 0. The molecule has 9 heteroatoms. The molecule has 1 aliphatic heterocycles. The van der Waals surface area contributed by atoms with E-state index in [9.17, 15) is 18.5 Å². The van der Waals surface area contributed by atoms with Gasteiger partial charge in [-0.2, -0.15) is 4.31 Å². The van der Waals surface area contributed by atoms with Crippen molar-refractivity contribution in [2.45, 2.75) is 31.5 Å². The van der Waals surface area contributed by atoms with Gasteiger partial charge >= 0.3 is 0 Å². The molecule has 2 aromatic rings. The summed E-state index contributed by atoms with van der Waals surface area (Å²) in [7, 11) is -3.67. The highest BCUT2D eigenvalue weighted by molar-refractivity contribution is 7.89. The zero-order valence-electron chi connectivity index (χ0n) is 12.1. The molecule has 8 nitrogen and oxygen atoms in total. The Balaban J connectivity index is 2.27. The van der Waals surface area contributed by atoms with E-state index in [-0.39, 0.29) is 10.8 Å². The lowest BCUT2D eigenvalue weighted by Gasteiger charge is -2.23. The Labute approximate surface area is 127 Å². The van der Waals surface area contributed by atoms with Gasteiger partial charge in [0.2, 0.25) is 5.16 Å². The van der Waals surface area contributed by atoms with Crippen LogP contribution in [0.2, 0.25) is 0 Å². The summed E-state index contributed by atoms with van der Waals surface area (Å²) >= 11 is 0. The fourth-order valence-electron chi connectivity index (χ4n) is 2.74. The number of imidazole rings is 1. The molecule has 0 N–H and O–H groups in total. The van der Waals surface area contributed by atoms with Crippen molar-refractivity contribution < 1.29 is 13.3 Å². The van der Waals surface area contributed by atoms with Crippen LogP contribution in [0.1, 0.15) is 19.8 Å². The van der Waals surface area contributed by atoms with E-state index < -0.39 is 14.9 Å². The number of non-ortho nitro benzene ring substituents is 1. The van der Waals surface area contributed by atoms with Crippen molar-refractivity contribution in [3.05, 3.63) is 28.3 Å². The van der Waals surface area contributed by atoms with Crippen LogP contribution in [-0.4, -0.2) is 40.3 Å². The minimum Gasteiger partial charge on any atom is -0.313 e. The molecule has 1 aromatic carbocycles. The van der Waals surface area contributed by atoms with Gasteiger partial charge in [-0.25, -0.2) is 13.4 Å². The molecular formula is C13H16N4O4S. The molecule has 1 aliphatic rings. The Morgan fingerprint density at radius 2 is 2.05 bits per heavy atom. The summed E-state index contributed by atoms with van der Waals surface area (Å²) in [6.07, 6.45) is 1.55. The van der Waals surface area contributed by atoms with Crippen LogP contribution in [0.5, 0.6) is 0 Å². The Morgan fingerprint density at radius 1 is 1.32 bits per heavy atom. The van der Waals surface area contributed by atoms with E-state index in [0.29, 0.717) is 30.7 Å². The molecule has 2 heterocycles. The molecule has 0 fully saturated rings. The third-order valence-corrected chi connectivity index (χ3v) is 5.76. The zero-order chi connectivity index (χ0) is 15.9. The summed E-state index contributed by atoms with van der Waals surface area (Å²) in [6, 6.07) is 4.23. The molecule has 22 heavy (non-hydrogen) atoms. The largest absolute Gasteiger partial charge is 0.313 e. The van der Waals surface area contributed by atoms with Crippen LogP contribution < -0.4 is 0 Å². The monoisotopic (exact) mass is 324 g/mol. The van der Waals surface area contributed by atoms with Gasteiger partial charge in [-0.05, 0) is 18.9 Å². The van der Waals surface area contributed by atoms with Crippen molar-refractivity contribution in [3.63, 3.8) is 0 Å². The minimum absolute atomic E-state index is 0.0236. The SMILES string of the molecule is CCN1CCCCn2c(nc3ccc([N+](=O)[O-])cc32)S1(=O)=O. The number of rotatable bonds is 2. The molecule has 0 bridgehead atoms. The molecule has 0 saturated heterocycles. The number of hydrogen-bond acceptors (Lipinski definition) is 5. The highest BCUT2D eigenvalue weighted by Crippen LogP contribution is 2.27. The Hall–Kier alpha value is -2.00. The number of aryl methyl sites for hydroxylation is 1. The van der Waals surface area contributed by atoms with Gasteiger partial charge in [0.05, 0.1) is 16.0 Å². The smallest absolute Gasteiger partial charge is 0.277 e. The summed E-state index contributed by atoms with van der Waals surface area (Å²) in [4.78, 5) is 14.7. The van der Waals surface area contributed by atoms with Crippen molar-refractivity contribution >= 4 is 26.7 Å². The summed E-state index contributed by atoms with van der Waals surface area (Å²) < 4.78 is 28.4. The summed E-state index contributed by atoms with van der Waals surface area (Å²) in [5.41, 5.74) is 0.884. The molecule has 118 valence electrons. The van der Waals surface area contributed by atoms with Gasteiger partial charge in [-0.3, -0.25) is 10.1 Å². The van der Waals surface area contributed by atoms with Crippen molar-refractivity contribution in [1.82, 2.24) is 13.9 Å². The van der Waals surface area contributed by atoms with Gasteiger partial charge in [-0.1, -0.05) is 6.92 Å². The van der Waals surface area contributed by atoms with E-state index >= 15 is 0 Å². The number of aromatic nitrogens is 2. The van der Waals surface area contributed by atoms with E-state index in [1.165, 1.54) is 22.5 Å². The van der Waals surface area contributed by atoms with E-state index in [2.05, 4.69) is 4.98 Å². The van der Waals surface area contributed by atoms with Gasteiger partial charge in [0.1, 0.15) is 0 Å². The molecule has 0 aliphatic carbocycles. The molecule has 0 saturated carbocycles. The van der Waals surface area contributed by atoms with Crippen LogP contribution in [0, 0.1) is 10.1 Å². The number of nitrogens with zero attached hydrogens (tertiary/aromatic N) is 4. The Morgan fingerprint density at radius 3 is 2.73 bits per heavy atom. The van der Waals surface area contributed by atoms with Crippen molar-refractivity contribution in [2.75, 3.05) is 13.1 Å². The summed E-state index contributed by atoms with van der Waals surface area (Å²) in [6.45, 7) is 3.13. The number of nitro groups is 1. The fraction of sp³-hybridized carbons (Fsp3) is 0.462. The summed E-state index contributed by atoms with van der Waals surface area (Å²) in [5, 5.41) is 10.9. The van der Waals surface area contributed by atoms with Gasteiger partial charge in [0, 0.05) is 31.8 Å². The quantitative estimate of drug-likeness (QED) is 0.619. The Bertz CT molecular complexity index is 843. The standard InChI is InChI=1S/C13H16N4O4S/c1-2-15-7-3-4-8-16-12-9-10(17(18)19)5-6-11(12)14-13(16)22(15,20)21/h5-6,9H,2-4,7-8H2,1H3. The maximum absolute atomic E-state index is 12.7. The predicted molar refractivity (Wildman–Crippen MR) is 80.1 cm³/mol. The van der Waals surface area contributed by atoms with Gasteiger partial charge in [-0.15, -0.1) is 0 Å². The van der Waals surface area contributed by atoms with Gasteiger partial charge in [0.25, 0.3) is 15.7 Å². The third-order valence-electron chi connectivity index (χ3n) is 3.87. The Kier molecular flexibility index (Phi) is 3.61. The lowest BCUT2D eigenvalue weighted by atomic mass is 10.2. The van der Waals surface area contributed by atoms with Crippen LogP contribution in [-0.2, 0) is 16.6 Å². The number of sulfonamides is 1. The van der Waals surface area contributed by atoms with E-state index in [0.717, 1.165) is 12.8 Å². The van der Waals surface area contributed by atoms with Gasteiger partial charge in [0.15, 0.2) is 0 Å². The van der Waals surface area contributed by atoms with E-state index in [4.69, 9.17) is 0 Å². The second-order valence-electron chi connectivity index (χ2n) is 5.18. The minimum atomic E-state index is -3.67. The molecule has 0 amide bonds. The maximum atomic E-state index is 12.7. The molecule has 0 radical (unpaired) electrons. The molecule has 0 spiro atoms. The second-order valence-corrected chi connectivity index (χ2v) is 7.01. The normalized spacial score (nSPS) is 18.6. The molecular weight excluding hydrogens is 308 g/mol. The molecule has 0 atom stereocenters. The lowest BCUT2D eigenvalue weighted by molar-refractivity contribution is -0.384. The zero-order valence-corrected chi connectivity index (χ0v) is 12.9.